The minimum absolute atomic E-state index is 0.0270. The highest BCUT2D eigenvalue weighted by atomic mass is 32.2. The van der Waals surface area contributed by atoms with Crippen molar-refractivity contribution in [1.82, 2.24) is 5.32 Å². The van der Waals surface area contributed by atoms with E-state index in [9.17, 15) is 18.0 Å². The lowest BCUT2D eigenvalue weighted by atomic mass is 10.0. The van der Waals surface area contributed by atoms with Gasteiger partial charge in [0.1, 0.15) is 0 Å². The molecule has 0 heterocycles. The first-order chi connectivity index (χ1) is 9.14. The van der Waals surface area contributed by atoms with E-state index in [2.05, 4.69) is 5.32 Å². The van der Waals surface area contributed by atoms with Gasteiger partial charge >= 0.3 is 5.51 Å². The number of hydrogen-bond donors (Lipinski definition) is 2. The Morgan fingerprint density at radius 3 is 2.45 bits per heavy atom. The lowest BCUT2D eigenvalue weighted by Crippen LogP contribution is -2.44. The molecule has 0 atom stereocenters. The molecule has 3 nitrogen and oxygen atoms in total. The molecule has 1 aromatic rings. The lowest BCUT2D eigenvalue weighted by Gasteiger charge is -2.25. The zero-order chi connectivity index (χ0) is 15.4. The van der Waals surface area contributed by atoms with Crippen LogP contribution in [0.4, 0.5) is 13.2 Å². The number of thioether (sulfide) groups is 1. The van der Waals surface area contributed by atoms with Gasteiger partial charge in [0, 0.05) is 17.0 Å². The van der Waals surface area contributed by atoms with E-state index >= 15 is 0 Å². The van der Waals surface area contributed by atoms with Crippen molar-refractivity contribution < 1.29 is 23.1 Å². The Labute approximate surface area is 119 Å². The van der Waals surface area contributed by atoms with Crippen molar-refractivity contribution in [2.24, 2.45) is 0 Å². The zero-order valence-electron chi connectivity index (χ0n) is 11.1. The van der Waals surface area contributed by atoms with Crippen molar-refractivity contribution in [3.63, 3.8) is 0 Å². The van der Waals surface area contributed by atoms with Crippen LogP contribution < -0.4 is 5.32 Å². The van der Waals surface area contributed by atoms with Gasteiger partial charge in [-0.05, 0) is 44.2 Å². The molecule has 0 bridgehead atoms. The molecule has 20 heavy (non-hydrogen) atoms. The van der Waals surface area contributed by atoms with Crippen LogP contribution in [-0.2, 0) is 0 Å². The molecule has 0 aliphatic heterocycles. The van der Waals surface area contributed by atoms with Gasteiger partial charge in [0.25, 0.3) is 5.91 Å². The number of amides is 1. The highest BCUT2D eigenvalue weighted by molar-refractivity contribution is 8.00. The topological polar surface area (TPSA) is 49.3 Å². The Morgan fingerprint density at radius 2 is 1.90 bits per heavy atom. The van der Waals surface area contributed by atoms with Crippen molar-refractivity contribution in [3.05, 3.63) is 29.8 Å². The van der Waals surface area contributed by atoms with E-state index in [0.29, 0.717) is 6.42 Å². The van der Waals surface area contributed by atoms with Crippen molar-refractivity contribution >= 4 is 17.7 Å². The molecule has 0 unspecified atom stereocenters. The predicted octanol–water partition coefficient (Wildman–Crippen LogP) is 3.19. The van der Waals surface area contributed by atoms with Gasteiger partial charge in [0.15, 0.2) is 0 Å². The Balaban J connectivity index is 2.93. The van der Waals surface area contributed by atoms with Crippen LogP contribution in [0.3, 0.4) is 0 Å². The van der Waals surface area contributed by atoms with Gasteiger partial charge in [0.05, 0.1) is 5.56 Å². The normalized spacial score (nSPS) is 12.3. The molecule has 1 rings (SSSR count). The summed E-state index contributed by atoms with van der Waals surface area (Å²) in [6, 6.07) is 5.56. The number of rotatable bonds is 5. The summed E-state index contributed by atoms with van der Waals surface area (Å²) in [7, 11) is 0. The third-order valence-corrected chi connectivity index (χ3v) is 3.35. The molecule has 1 amide bonds. The second-order valence-electron chi connectivity index (χ2n) is 4.86. The van der Waals surface area contributed by atoms with E-state index in [-0.39, 0.29) is 28.8 Å². The summed E-state index contributed by atoms with van der Waals surface area (Å²) in [6.07, 6.45) is 0.313. The number of halogens is 3. The highest BCUT2D eigenvalue weighted by Gasteiger charge is 2.32. The molecule has 2 N–H and O–H groups in total. The maximum absolute atomic E-state index is 12.4. The minimum Gasteiger partial charge on any atom is -0.396 e. The van der Waals surface area contributed by atoms with Crippen LogP contribution in [0.5, 0.6) is 0 Å². The molecule has 0 saturated heterocycles. The number of benzene rings is 1. The molecule has 0 aromatic heterocycles. The quantitative estimate of drug-likeness (QED) is 0.821. The summed E-state index contributed by atoms with van der Waals surface area (Å²) in [4.78, 5) is 11.9. The van der Waals surface area contributed by atoms with E-state index in [4.69, 9.17) is 5.11 Å². The largest absolute Gasteiger partial charge is 0.446 e. The molecular formula is C13H16F3NO2S. The van der Waals surface area contributed by atoms with Crippen LogP contribution in [0.15, 0.2) is 29.2 Å². The molecule has 0 radical (unpaired) electrons. The Morgan fingerprint density at radius 1 is 1.30 bits per heavy atom. The summed E-state index contributed by atoms with van der Waals surface area (Å²) < 4.78 is 37.3. The standard InChI is InChI=1S/C13H16F3NO2S/c1-12(2,7-8-18)17-11(19)9-5-3-4-6-10(9)20-13(14,15)16/h3-6,18H,7-8H2,1-2H3,(H,17,19). The van der Waals surface area contributed by atoms with Crippen LogP contribution in [0.25, 0.3) is 0 Å². The summed E-state index contributed by atoms with van der Waals surface area (Å²) in [5.41, 5.74) is -5.17. The molecule has 112 valence electrons. The van der Waals surface area contributed by atoms with E-state index in [1.165, 1.54) is 24.3 Å². The Kier molecular flexibility index (Phi) is 5.47. The summed E-state index contributed by atoms with van der Waals surface area (Å²) in [5, 5.41) is 11.5. The average Bonchev–Trinajstić information content (AvgIpc) is 2.26. The first-order valence-electron chi connectivity index (χ1n) is 5.93. The maximum atomic E-state index is 12.4. The number of nitrogens with one attached hydrogen (secondary N) is 1. The third-order valence-electron chi connectivity index (χ3n) is 2.55. The Hall–Kier alpha value is -1.21. The first kappa shape index (κ1) is 16.8. The van der Waals surface area contributed by atoms with Gasteiger partial charge in [-0.3, -0.25) is 4.79 Å². The van der Waals surface area contributed by atoms with E-state index < -0.39 is 17.0 Å². The zero-order valence-corrected chi connectivity index (χ0v) is 11.9. The van der Waals surface area contributed by atoms with E-state index in [0.717, 1.165) is 0 Å². The minimum atomic E-state index is -4.45. The fourth-order valence-corrected chi connectivity index (χ4v) is 2.25. The second kappa shape index (κ2) is 6.49. The fourth-order valence-electron chi connectivity index (χ4n) is 1.58. The van der Waals surface area contributed by atoms with Gasteiger partial charge in [-0.2, -0.15) is 13.2 Å². The number of hydrogen-bond acceptors (Lipinski definition) is 3. The molecule has 0 spiro atoms. The molecule has 1 aromatic carbocycles. The number of carbonyl (C=O) groups is 1. The number of aliphatic hydroxyl groups excluding tert-OH is 1. The molecular weight excluding hydrogens is 291 g/mol. The molecule has 0 fully saturated rings. The molecule has 0 aliphatic rings. The van der Waals surface area contributed by atoms with Crippen LogP contribution in [0.2, 0.25) is 0 Å². The van der Waals surface area contributed by atoms with E-state index in [1.54, 1.807) is 13.8 Å². The maximum Gasteiger partial charge on any atom is 0.446 e. The third kappa shape index (κ3) is 5.42. The van der Waals surface area contributed by atoms with Gasteiger partial charge < -0.3 is 10.4 Å². The fraction of sp³-hybridized carbons (Fsp3) is 0.462. The molecule has 0 saturated carbocycles. The van der Waals surface area contributed by atoms with E-state index in [1.807, 2.05) is 0 Å². The molecule has 7 heteroatoms. The number of alkyl halides is 3. The van der Waals surface area contributed by atoms with Crippen molar-refractivity contribution in [3.8, 4) is 0 Å². The smallest absolute Gasteiger partial charge is 0.396 e. The van der Waals surface area contributed by atoms with Gasteiger partial charge in [-0.15, -0.1) is 0 Å². The van der Waals surface area contributed by atoms with Crippen LogP contribution in [0.1, 0.15) is 30.6 Å². The van der Waals surface area contributed by atoms with Crippen molar-refractivity contribution in [1.29, 1.82) is 0 Å². The lowest BCUT2D eigenvalue weighted by molar-refractivity contribution is -0.0328. The summed E-state index contributed by atoms with van der Waals surface area (Å²) >= 11 is -0.315. The van der Waals surface area contributed by atoms with Gasteiger partial charge in [-0.25, -0.2) is 0 Å². The van der Waals surface area contributed by atoms with Crippen LogP contribution >= 0.6 is 11.8 Å². The number of carbonyl (C=O) groups excluding carboxylic acids is 1. The second-order valence-corrected chi connectivity index (χ2v) is 5.96. The predicted molar refractivity (Wildman–Crippen MR) is 71.6 cm³/mol. The Bertz CT molecular complexity index is 475. The van der Waals surface area contributed by atoms with Crippen LogP contribution in [-0.4, -0.2) is 28.7 Å². The van der Waals surface area contributed by atoms with Crippen molar-refractivity contribution in [2.75, 3.05) is 6.61 Å². The summed E-state index contributed by atoms with van der Waals surface area (Å²) in [6.45, 7) is 3.27. The summed E-state index contributed by atoms with van der Waals surface area (Å²) in [5.74, 6) is -0.587. The van der Waals surface area contributed by atoms with Crippen LogP contribution in [0, 0.1) is 0 Å². The SMILES string of the molecule is CC(C)(CCO)NC(=O)c1ccccc1SC(F)(F)F. The highest BCUT2D eigenvalue weighted by Crippen LogP contribution is 2.38. The monoisotopic (exact) mass is 307 g/mol. The molecule has 0 aliphatic carbocycles. The number of aliphatic hydroxyl groups is 1. The van der Waals surface area contributed by atoms with Crippen molar-refractivity contribution in [2.45, 2.75) is 36.2 Å². The van der Waals surface area contributed by atoms with Gasteiger partial charge in [0.2, 0.25) is 0 Å². The first-order valence-corrected chi connectivity index (χ1v) is 6.74. The average molecular weight is 307 g/mol. The van der Waals surface area contributed by atoms with Gasteiger partial charge in [-0.1, -0.05) is 12.1 Å².